The zero-order chi connectivity index (χ0) is 6.62. The van der Waals surface area contributed by atoms with Gasteiger partial charge in [0.05, 0.1) is 0 Å². The van der Waals surface area contributed by atoms with Gasteiger partial charge in [-0.25, -0.2) is 0 Å². The Morgan fingerprint density at radius 3 is 2.12 bits per heavy atom. The topological polar surface area (TPSA) is 0 Å². The van der Waals surface area contributed by atoms with Crippen LogP contribution >= 0.6 is 11.8 Å². The molecule has 0 unspecified atom stereocenters. The van der Waals surface area contributed by atoms with Crippen molar-refractivity contribution in [2.24, 2.45) is 0 Å². The summed E-state index contributed by atoms with van der Waals surface area (Å²) in [4.78, 5) is 0. The van der Waals surface area contributed by atoms with Crippen LogP contribution in [0.3, 0.4) is 0 Å². The Bertz CT molecular complexity index is 73.1. The zero-order valence-electron chi connectivity index (χ0n) is 5.77. The molecule has 8 heavy (non-hydrogen) atoms. The Labute approximate surface area is 57.4 Å². The van der Waals surface area contributed by atoms with Crippen LogP contribution in [0.5, 0.6) is 0 Å². The zero-order valence-corrected chi connectivity index (χ0v) is 7.59. The van der Waals surface area contributed by atoms with Crippen LogP contribution in [0.25, 0.3) is 0 Å². The van der Waals surface area contributed by atoms with Crippen molar-refractivity contribution in [3.05, 3.63) is 17.4 Å². The molecule has 0 aliphatic heterocycles. The van der Waals surface area contributed by atoms with Crippen molar-refractivity contribution < 1.29 is 0 Å². The average Bonchev–Trinajstić information content (AvgIpc) is 1.59. The van der Waals surface area contributed by atoms with E-state index < -0.39 is 8.07 Å². The summed E-state index contributed by atoms with van der Waals surface area (Å²) in [7, 11) is -0.911. The largest absolute Gasteiger partial charge is 0.326 e. The van der Waals surface area contributed by atoms with E-state index in [1.807, 2.05) is 5.41 Å². The Morgan fingerprint density at radius 2 is 2.00 bits per heavy atom. The molecule has 0 amide bonds. The van der Waals surface area contributed by atoms with E-state index in [9.17, 15) is 0 Å². The Hall–Kier alpha value is 0.307. The highest BCUT2D eigenvalue weighted by Gasteiger charge is 1.97. The second-order valence-corrected chi connectivity index (χ2v) is 9.07. The van der Waals surface area contributed by atoms with Gasteiger partial charge >= 0.3 is 0 Å². The van der Waals surface area contributed by atoms with Gasteiger partial charge in [-0.3, -0.25) is 5.38 Å². The maximum atomic E-state index is 3.62. The van der Waals surface area contributed by atoms with Crippen molar-refractivity contribution in [3.63, 3.8) is 0 Å². The van der Waals surface area contributed by atoms with Crippen molar-refractivity contribution in [1.82, 2.24) is 0 Å². The minimum atomic E-state index is -0.911. The minimum absolute atomic E-state index is 0.911. The van der Waals surface area contributed by atoms with E-state index in [0.717, 1.165) is 0 Å². The van der Waals surface area contributed by atoms with E-state index in [-0.39, 0.29) is 0 Å². The Kier molecular flexibility index (Phi) is 3.48. The first-order valence-electron chi connectivity index (χ1n) is 2.67. The molecule has 0 saturated carbocycles. The second-order valence-electron chi connectivity index (χ2n) is 2.79. The molecule has 0 aliphatic rings. The predicted molar refractivity (Wildman–Crippen MR) is 45.4 cm³/mol. The van der Waals surface area contributed by atoms with Crippen LogP contribution in [0.4, 0.5) is 0 Å². The van der Waals surface area contributed by atoms with Gasteiger partial charge < -0.3 is 11.8 Å². The standard InChI is InChI=1S/C6H13SSi/c1-5-7-6-8(2,3)4/h5-6H,1H2,2-4H3/q-1. The first-order valence-corrected chi connectivity index (χ1v) is 7.19. The van der Waals surface area contributed by atoms with Gasteiger partial charge in [-0.1, -0.05) is 39.7 Å². The van der Waals surface area contributed by atoms with E-state index >= 15 is 0 Å². The lowest BCUT2D eigenvalue weighted by Gasteiger charge is -2.26. The monoisotopic (exact) mass is 145 g/mol. The Morgan fingerprint density at radius 1 is 1.50 bits per heavy atom. The van der Waals surface area contributed by atoms with Crippen LogP contribution < -0.4 is 0 Å². The highest BCUT2D eigenvalue weighted by Crippen LogP contribution is 2.16. The third-order valence-corrected chi connectivity index (χ3v) is 4.08. The van der Waals surface area contributed by atoms with Crippen LogP contribution in [-0.2, 0) is 0 Å². The van der Waals surface area contributed by atoms with Gasteiger partial charge in [0.2, 0.25) is 0 Å². The van der Waals surface area contributed by atoms with E-state index in [0.29, 0.717) is 0 Å². The van der Waals surface area contributed by atoms with Crippen molar-refractivity contribution in [3.8, 4) is 0 Å². The molecule has 0 nitrogen and oxygen atoms in total. The Balaban J connectivity index is 3.24. The fraction of sp³-hybridized carbons (Fsp3) is 0.500. The van der Waals surface area contributed by atoms with E-state index in [2.05, 4.69) is 31.6 Å². The molecule has 0 rings (SSSR count). The molecule has 0 atom stereocenters. The maximum Gasteiger partial charge on any atom is -0.0689 e. The molecule has 2 heteroatoms. The quantitative estimate of drug-likeness (QED) is 0.435. The van der Waals surface area contributed by atoms with Gasteiger partial charge in [-0.15, -0.1) is 0 Å². The molecular weight excluding hydrogens is 132 g/mol. The molecule has 0 spiro atoms. The molecule has 0 saturated heterocycles. The molecular formula is C6H13SSi-. The van der Waals surface area contributed by atoms with Crippen LogP contribution in [0.1, 0.15) is 0 Å². The molecule has 0 bridgehead atoms. The number of hydrogen-bond acceptors (Lipinski definition) is 1. The molecule has 0 aliphatic carbocycles. The normalized spacial score (nSPS) is 11.4. The van der Waals surface area contributed by atoms with Crippen molar-refractivity contribution in [2.75, 3.05) is 0 Å². The SMILES string of the molecule is C=CS[CH-][Si](C)(C)C. The molecule has 0 radical (unpaired) electrons. The molecule has 0 fully saturated rings. The van der Waals surface area contributed by atoms with Crippen molar-refractivity contribution in [2.45, 2.75) is 19.6 Å². The smallest absolute Gasteiger partial charge is 0.0689 e. The van der Waals surface area contributed by atoms with Gasteiger partial charge in [0.1, 0.15) is 0 Å². The first-order chi connectivity index (χ1) is 3.56. The van der Waals surface area contributed by atoms with Crippen molar-refractivity contribution >= 4 is 19.8 Å². The third kappa shape index (κ3) is 6.31. The maximum absolute atomic E-state index is 3.62. The minimum Gasteiger partial charge on any atom is -0.326 e. The van der Waals surface area contributed by atoms with Crippen LogP contribution in [0.2, 0.25) is 19.6 Å². The highest BCUT2D eigenvalue weighted by molar-refractivity contribution is 8.05. The summed E-state index contributed by atoms with van der Waals surface area (Å²) in [6, 6.07) is 0. The lowest BCUT2D eigenvalue weighted by Crippen LogP contribution is -2.18. The van der Waals surface area contributed by atoms with Crippen LogP contribution in [0, 0.1) is 5.38 Å². The third-order valence-electron chi connectivity index (χ3n) is 0.518. The van der Waals surface area contributed by atoms with Crippen molar-refractivity contribution in [1.29, 1.82) is 0 Å². The summed E-state index contributed by atoms with van der Waals surface area (Å²) < 4.78 is 0. The molecule has 0 aromatic rings. The summed E-state index contributed by atoms with van der Waals surface area (Å²) >= 11 is 1.72. The summed E-state index contributed by atoms with van der Waals surface area (Å²) in [6.07, 6.45) is 0. The predicted octanol–water partition coefficient (Wildman–Crippen LogP) is 2.90. The molecule has 0 aromatic heterocycles. The molecule has 0 aromatic carbocycles. The fourth-order valence-corrected chi connectivity index (χ4v) is 2.27. The number of hydrogen-bond donors (Lipinski definition) is 0. The van der Waals surface area contributed by atoms with Gasteiger partial charge in [0.25, 0.3) is 0 Å². The second kappa shape index (κ2) is 3.36. The average molecular weight is 145 g/mol. The summed E-state index contributed by atoms with van der Waals surface area (Å²) in [6.45, 7) is 10.5. The van der Waals surface area contributed by atoms with E-state index in [4.69, 9.17) is 0 Å². The van der Waals surface area contributed by atoms with Crippen LogP contribution in [-0.4, -0.2) is 8.07 Å². The molecule has 48 valence electrons. The van der Waals surface area contributed by atoms with E-state index in [1.165, 1.54) is 0 Å². The number of thioether (sulfide) groups is 1. The lowest BCUT2D eigenvalue weighted by molar-refractivity contribution is 1.76. The molecule has 0 N–H and O–H groups in total. The van der Waals surface area contributed by atoms with Gasteiger partial charge in [0, 0.05) is 0 Å². The van der Waals surface area contributed by atoms with E-state index in [1.54, 1.807) is 11.8 Å². The fourth-order valence-electron chi connectivity index (χ4n) is 0.252. The summed E-state index contributed by atoms with van der Waals surface area (Å²) in [5.41, 5.74) is 0. The number of rotatable bonds is 3. The summed E-state index contributed by atoms with van der Waals surface area (Å²) in [5, 5.41) is 4.18. The van der Waals surface area contributed by atoms with Gasteiger partial charge in [-0.2, -0.15) is 0 Å². The van der Waals surface area contributed by atoms with Gasteiger partial charge in [0.15, 0.2) is 0 Å². The summed E-state index contributed by atoms with van der Waals surface area (Å²) in [5.74, 6) is 0. The first kappa shape index (κ1) is 8.31. The lowest BCUT2D eigenvalue weighted by atomic mass is 11.3. The molecule has 0 heterocycles. The van der Waals surface area contributed by atoms with Gasteiger partial charge in [-0.05, 0) is 0 Å². The van der Waals surface area contributed by atoms with Crippen LogP contribution in [0.15, 0.2) is 12.0 Å². The highest BCUT2D eigenvalue weighted by atomic mass is 32.2.